The lowest BCUT2D eigenvalue weighted by Crippen LogP contribution is -2.46. The Morgan fingerprint density at radius 2 is 1.85 bits per heavy atom. The van der Waals surface area contributed by atoms with E-state index in [1.807, 2.05) is 18.2 Å². The molecular formula is C15H21Cl2N3. The molecule has 2 aliphatic rings. The van der Waals surface area contributed by atoms with Crippen LogP contribution >= 0.6 is 24.8 Å². The molecule has 2 aliphatic heterocycles. The molecule has 2 saturated heterocycles. The van der Waals surface area contributed by atoms with E-state index in [9.17, 15) is 0 Å². The van der Waals surface area contributed by atoms with Crippen LogP contribution in [0.4, 0.5) is 0 Å². The van der Waals surface area contributed by atoms with Crippen LogP contribution < -0.4 is 5.73 Å². The lowest BCUT2D eigenvalue weighted by Gasteiger charge is -2.37. The molecule has 5 heteroatoms. The summed E-state index contributed by atoms with van der Waals surface area (Å²) < 4.78 is 0. The Kier molecular flexibility index (Phi) is 6.29. The first-order chi connectivity index (χ1) is 8.76. The molecule has 0 aliphatic carbocycles. The fraction of sp³-hybridized carbons (Fsp3) is 0.533. The first-order valence-electron chi connectivity index (χ1n) is 6.76. The SMILES string of the molecule is Cl.Cl.N#Cc1cccc(CN2[C@@H]3CC[C@H]2CC(N)C3)c1. The predicted molar refractivity (Wildman–Crippen MR) is 85.2 cm³/mol. The van der Waals surface area contributed by atoms with Gasteiger partial charge in [-0.3, -0.25) is 4.90 Å². The highest BCUT2D eigenvalue weighted by molar-refractivity contribution is 5.85. The molecule has 3 atom stereocenters. The lowest BCUT2D eigenvalue weighted by atomic mass is 9.97. The number of fused-ring (bicyclic) bond motifs is 2. The Morgan fingerprint density at radius 3 is 2.45 bits per heavy atom. The Bertz CT molecular complexity index is 472. The second-order valence-corrected chi connectivity index (χ2v) is 5.60. The van der Waals surface area contributed by atoms with Crippen molar-refractivity contribution in [2.24, 2.45) is 5.73 Å². The number of hydrogen-bond acceptors (Lipinski definition) is 3. The summed E-state index contributed by atoms with van der Waals surface area (Å²) in [5, 5.41) is 8.94. The molecule has 2 fully saturated rings. The van der Waals surface area contributed by atoms with E-state index in [2.05, 4.69) is 17.0 Å². The molecule has 20 heavy (non-hydrogen) atoms. The molecule has 1 aromatic rings. The number of nitrogens with zero attached hydrogens (tertiary/aromatic N) is 2. The third-order valence-electron chi connectivity index (χ3n) is 4.34. The van der Waals surface area contributed by atoms with Crippen LogP contribution in [0.25, 0.3) is 0 Å². The summed E-state index contributed by atoms with van der Waals surface area (Å²) in [5.41, 5.74) is 8.10. The van der Waals surface area contributed by atoms with Crippen molar-refractivity contribution in [1.29, 1.82) is 5.26 Å². The maximum Gasteiger partial charge on any atom is 0.0991 e. The lowest BCUT2D eigenvalue weighted by molar-refractivity contribution is 0.120. The molecular weight excluding hydrogens is 293 g/mol. The van der Waals surface area contributed by atoms with Gasteiger partial charge in [0.05, 0.1) is 11.6 Å². The number of nitrogens with two attached hydrogens (primary N) is 1. The normalized spacial score (nSPS) is 28.1. The molecule has 0 aromatic heterocycles. The average molecular weight is 314 g/mol. The highest BCUT2D eigenvalue weighted by Gasteiger charge is 2.39. The second kappa shape index (κ2) is 7.28. The van der Waals surface area contributed by atoms with Crippen LogP contribution in [0, 0.1) is 11.3 Å². The van der Waals surface area contributed by atoms with E-state index in [0.717, 1.165) is 24.9 Å². The molecule has 1 aromatic carbocycles. The summed E-state index contributed by atoms with van der Waals surface area (Å²) in [6, 6.07) is 11.9. The Morgan fingerprint density at radius 1 is 1.20 bits per heavy atom. The van der Waals surface area contributed by atoms with Gasteiger partial charge in [-0.2, -0.15) is 5.26 Å². The maximum atomic E-state index is 8.94. The molecule has 1 unspecified atom stereocenters. The second-order valence-electron chi connectivity index (χ2n) is 5.60. The van der Waals surface area contributed by atoms with Gasteiger partial charge in [-0.25, -0.2) is 0 Å². The highest BCUT2D eigenvalue weighted by atomic mass is 35.5. The molecule has 0 saturated carbocycles. The first kappa shape index (κ1) is 17.3. The zero-order valence-electron chi connectivity index (χ0n) is 11.4. The monoisotopic (exact) mass is 313 g/mol. The smallest absolute Gasteiger partial charge is 0.0991 e. The Balaban J connectivity index is 0.000001000. The van der Waals surface area contributed by atoms with Crippen LogP contribution in [0.1, 0.15) is 36.8 Å². The van der Waals surface area contributed by atoms with E-state index in [0.29, 0.717) is 18.1 Å². The van der Waals surface area contributed by atoms with Crippen LogP contribution in [0.2, 0.25) is 0 Å². The summed E-state index contributed by atoms with van der Waals surface area (Å²) in [7, 11) is 0. The Labute approximate surface area is 133 Å². The van der Waals surface area contributed by atoms with Gasteiger partial charge in [-0.15, -0.1) is 24.8 Å². The van der Waals surface area contributed by atoms with Gasteiger partial charge in [-0.1, -0.05) is 12.1 Å². The van der Waals surface area contributed by atoms with Crippen molar-refractivity contribution in [3.05, 3.63) is 35.4 Å². The van der Waals surface area contributed by atoms with Crippen LogP contribution in [0.3, 0.4) is 0 Å². The van der Waals surface area contributed by atoms with Crippen molar-refractivity contribution in [3.8, 4) is 6.07 Å². The molecule has 110 valence electrons. The van der Waals surface area contributed by atoms with Crippen molar-refractivity contribution in [3.63, 3.8) is 0 Å². The number of piperidine rings is 1. The van der Waals surface area contributed by atoms with E-state index < -0.39 is 0 Å². The van der Waals surface area contributed by atoms with Crippen molar-refractivity contribution in [1.82, 2.24) is 4.90 Å². The van der Waals surface area contributed by atoms with Gasteiger partial charge in [0.25, 0.3) is 0 Å². The number of benzene rings is 1. The Hall–Kier alpha value is -0.790. The molecule has 2 N–H and O–H groups in total. The van der Waals surface area contributed by atoms with Gasteiger partial charge >= 0.3 is 0 Å². The number of nitriles is 1. The van der Waals surface area contributed by atoms with Crippen molar-refractivity contribution in [2.75, 3.05) is 0 Å². The van der Waals surface area contributed by atoms with E-state index in [4.69, 9.17) is 11.0 Å². The fourth-order valence-electron chi connectivity index (χ4n) is 3.52. The molecule has 3 nitrogen and oxygen atoms in total. The largest absolute Gasteiger partial charge is 0.328 e. The topological polar surface area (TPSA) is 53.0 Å². The van der Waals surface area contributed by atoms with Gasteiger partial charge in [0.1, 0.15) is 0 Å². The third-order valence-corrected chi connectivity index (χ3v) is 4.34. The van der Waals surface area contributed by atoms with Crippen LogP contribution in [-0.4, -0.2) is 23.0 Å². The van der Waals surface area contributed by atoms with E-state index in [1.54, 1.807) is 0 Å². The molecule has 0 radical (unpaired) electrons. The number of halogens is 2. The van der Waals surface area contributed by atoms with Crippen LogP contribution in [0.5, 0.6) is 0 Å². The van der Waals surface area contributed by atoms with Gasteiger partial charge in [0.15, 0.2) is 0 Å². The quantitative estimate of drug-likeness (QED) is 0.913. The zero-order chi connectivity index (χ0) is 12.5. The summed E-state index contributed by atoms with van der Waals surface area (Å²) >= 11 is 0. The van der Waals surface area contributed by atoms with Crippen molar-refractivity contribution in [2.45, 2.75) is 50.4 Å². The van der Waals surface area contributed by atoms with Gasteiger partial charge in [-0.05, 0) is 43.4 Å². The minimum atomic E-state index is 0. The maximum absolute atomic E-state index is 8.94. The first-order valence-corrected chi connectivity index (χ1v) is 6.76. The molecule has 2 bridgehead atoms. The van der Waals surface area contributed by atoms with E-state index >= 15 is 0 Å². The summed E-state index contributed by atoms with van der Waals surface area (Å²) in [5.74, 6) is 0. The molecule has 3 rings (SSSR count). The fourth-order valence-corrected chi connectivity index (χ4v) is 3.52. The average Bonchev–Trinajstić information content (AvgIpc) is 2.62. The zero-order valence-corrected chi connectivity index (χ0v) is 13.0. The van der Waals surface area contributed by atoms with Crippen LogP contribution in [0.15, 0.2) is 24.3 Å². The standard InChI is InChI=1S/C15H19N3.2ClH/c16-9-11-2-1-3-12(6-11)10-18-14-4-5-15(18)8-13(17)7-14;;/h1-3,6,13-15H,4-5,7-8,10,17H2;2*1H/t13?,14-,15+;;. The predicted octanol–water partition coefficient (Wildman–Crippen LogP) is 2.86. The minimum Gasteiger partial charge on any atom is -0.328 e. The van der Waals surface area contributed by atoms with Gasteiger partial charge in [0.2, 0.25) is 0 Å². The van der Waals surface area contributed by atoms with E-state index in [-0.39, 0.29) is 24.8 Å². The number of rotatable bonds is 2. The minimum absolute atomic E-state index is 0. The van der Waals surface area contributed by atoms with E-state index in [1.165, 1.54) is 18.4 Å². The van der Waals surface area contributed by atoms with Crippen LogP contribution in [-0.2, 0) is 6.54 Å². The van der Waals surface area contributed by atoms with Gasteiger partial charge in [0, 0.05) is 24.7 Å². The number of hydrogen-bond donors (Lipinski definition) is 1. The molecule has 2 heterocycles. The molecule has 0 amide bonds. The summed E-state index contributed by atoms with van der Waals surface area (Å²) in [6.07, 6.45) is 4.84. The summed E-state index contributed by atoms with van der Waals surface area (Å²) in [6.45, 7) is 0.970. The van der Waals surface area contributed by atoms with Crippen molar-refractivity contribution >= 4 is 24.8 Å². The third kappa shape index (κ3) is 3.45. The summed E-state index contributed by atoms with van der Waals surface area (Å²) in [4.78, 5) is 2.60. The molecule has 0 spiro atoms. The highest BCUT2D eigenvalue weighted by Crippen LogP contribution is 2.36. The van der Waals surface area contributed by atoms with Crippen molar-refractivity contribution < 1.29 is 0 Å². The van der Waals surface area contributed by atoms with Gasteiger partial charge < -0.3 is 5.73 Å².